The van der Waals surface area contributed by atoms with Gasteiger partial charge < -0.3 is 23.1 Å². The predicted molar refractivity (Wildman–Crippen MR) is 254 cm³/mol. The Morgan fingerprint density at radius 3 is 2.03 bits per heavy atom. The molecule has 3 aliphatic rings. The summed E-state index contributed by atoms with van der Waals surface area (Å²) in [4.78, 5) is 13.0. The number of allylic oxidation sites excluding steroid dienone is 3. The van der Waals surface area contributed by atoms with Gasteiger partial charge in [0.1, 0.15) is 0 Å². The highest BCUT2D eigenvalue weighted by atomic mass is 28.4. The minimum absolute atomic E-state index is 0.0313. The Kier molecular flexibility index (Phi) is 16.9. The van der Waals surface area contributed by atoms with Crippen LogP contribution >= 0.6 is 0 Å². The van der Waals surface area contributed by atoms with Crippen LogP contribution in [0.25, 0.3) is 0 Å². The highest BCUT2D eigenvalue weighted by Gasteiger charge is 2.51. The monoisotopic (exact) mass is 859 g/mol. The highest BCUT2D eigenvalue weighted by Crippen LogP contribution is 2.60. The van der Waals surface area contributed by atoms with Gasteiger partial charge in [-0.15, -0.1) is 0 Å². The number of ether oxygens (including phenoxy) is 1. The van der Waals surface area contributed by atoms with Crippen LogP contribution < -0.4 is 0 Å². The van der Waals surface area contributed by atoms with Crippen LogP contribution in [-0.4, -0.2) is 67.6 Å². The topological polar surface area (TPSA) is 74.2 Å². The van der Waals surface area contributed by atoms with E-state index in [-0.39, 0.29) is 39.3 Å². The van der Waals surface area contributed by atoms with Crippen molar-refractivity contribution in [2.24, 2.45) is 29.1 Å². The number of hydrogen-bond acceptors (Lipinski definition) is 6. The molecule has 0 amide bonds. The summed E-state index contributed by atoms with van der Waals surface area (Å²) in [6.07, 6.45) is 13.0. The fourth-order valence-corrected chi connectivity index (χ4v) is 13.1. The van der Waals surface area contributed by atoms with E-state index >= 15 is 0 Å². The van der Waals surface area contributed by atoms with E-state index in [1.807, 2.05) is 6.92 Å². The molecule has 8 atom stereocenters. The first-order chi connectivity index (χ1) is 26.3. The summed E-state index contributed by atoms with van der Waals surface area (Å²) in [7, 11) is -6.02. The van der Waals surface area contributed by atoms with Gasteiger partial charge in [0.05, 0.1) is 24.9 Å². The first-order valence-electron chi connectivity index (χ1n) is 22.9. The zero-order valence-corrected chi connectivity index (χ0v) is 43.9. The molecule has 0 aromatic heterocycles. The second-order valence-electron chi connectivity index (χ2n) is 23.4. The molecule has 3 aliphatic carbocycles. The molecule has 9 heteroatoms. The lowest BCUT2D eigenvalue weighted by Crippen LogP contribution is -2.49. The molecule has 2 unspecified atom stereocenters. The minimum atomic E-state index is -2.04. The molecule has 0 radical (unpaired) electrons. The molecule has 3 saturated carbocycles. The van der Waals surface area contributed by atoms with E-state index in [0.717, 1.165) is 31.3 Å². The summed E-state index contributed by atoms with van der Waals surface area (Å²) in [6, 6.07) is 0. The van der Waals surface area contributed by atoms with Crippen LogP contribution in [0, 0.1) is 29.1 Å². The first kappa shape index (κ1) is 51.3. The predicted octanol–water partition coefficient (Wildman–Crippen LogP) is 13.7. The molecule has 0 heterocycles. The zero-order chi connectivity index (χ0) is 44.4. The molecule has 0 spiro atoms. The molecule has 1 N–H and O–H groups in total. The van der Waals surface area contributed by atoms with E-state index in [0.29, 0.717) is 42.8 Å². The maximum atomic E-state index is 13.0. The van der Waals surface area contributed by atoms with Crippen LogP contribution in [0.4, 0.5) is 0 Å². The van der Waals surface area contributed by atoms with Crippen molar-refractivity contribution in [3.63, 3.8) is 0 Å². The summed E-state index contributed by atoms with van der Waals surface area (Å²) in [5.41, 5.74) is 4.51. The van der Waals surface area contributed by atoms with E-state index in [9.17, 15) is 9.90 Å². The van der Waals surface area contributed by atoms with Crippen LogP contribution in [0.2, 0.25) is 54.4 Å². The maximum Gasteiger partial charge on any atom is 0.333 e. The second-order valence-corrected chi connectivity index (χ2v) is 37.7. The number of hydrogen-bond donors (Lipinski definition) is 1. The van der Waals surface area contributed by atoms with Crippen molar-refractivity contribution in [2.45, 2.75) is 214 Å². The van der Waals surface area contributed by atoms with Gasteiger partial charge in [-0.25, -0.2) is 4.79 Å². The Morgan fingerprint density at radius 1 is 0.914 bits per heavy atom. The average Bonchev–Trinajstić information content (AvgIpc) is 3.43. The number of rotatable bonds is 16. The third-order valence-electron chi connectivity index (χ3n) is 16.2. The fraction of sp³-hybridized carbons (Fsp3) is 0.816. The smallest absolute Gasteiger partial charge is 0.333 e. The van der Waals surface area contributed by atoms with Crippen LogP contribution in [-0.2, 0) is 22.8 Å². The molecule has 3 fully saturated rings. The molecule has 3 rings (SSSR count). The van der Waals surface area contributed by atoms with Crippen molar-refractivity contribution in [1.29, 1.82) is 0 Å². The summed E-state index contributed by atoms with van der Waals surface area (Å²) < 4.78 is 26.2. The van der Waals surface area contributed by atoms with Gasteiger partial charge in [-0.2, -0.15) is 0 Å². The Labute approximate surface area is 360 Å². The number of carbonyl (C=O) groups is 1. The Morgan fingerprint density at radius 2 is 1.48 bits per heavy atom. The summed E-state index contributed by atoms with van der Waals surface area (Å²) in [5.74, 6) is 0.481. The normalized spacial score (nSPS) is 28.4. The Balaban J connectivity index is 1.86. The van der Waals surface area contributed by atoms with E-state index in [1.54, 1.807) is 5.57 Å². The van der Waals surface area contributed by atoms with Crippen LogP contribution in [0.3, 0.4) is 0 Å². The third-order valence-corrected chi connectivity index (χ3v) is 29.8. The summed E-state index contributed by atoms with van der Waals surface area (Å²) >= 11 is 0. The molecule has 58 heavy (non-hydrogen) atoms. The minimum Gasteiger partial charge on any atom is -0.463 e. The van der Waals surface area contributed by atoms with Gasteiger partial charge in [0, 0.05) is 24.5 Å². The van der Waals surface area contributed by atoms with Crippen molar-refractivity contribution in [2.75, 3.05) is 13.2 Å². The first-order valence-corrected chi connectivity index (χ1v) is 31.6. The average molecular weight is 860 g/mol. The number of carbonyl (C=O) groups excluding carboxylic acids is 1. The quantitative estimate of drug-likeness (QED) is 0.0947. The van der Waals surface area contributed by atoms with Gasteiger partial charge in [0.2, 0.25) is 0 Å². The van der Waals surface area contributed by atoms with Crippen molar-refractivity contribution in [1.82, 2.24) is 0 Å². The second kappa shape index (κ2) is 19.1. The van der Waals surface area contributed by atoms with Crippen molar-refractivity contribution >= 4 is 30.9 Å². The SMILES string of the molecule is C=C(C(=O)OCC)C(CCO[Si](C)(C)C(C)(C)C)C(O)C[C@@H](C)[C@H]1CC[C@H]2C(=CC=C3C[C@@H](O[Si](C)(C)C(C)(C)C)C[C@H](O[Si](C)(C)C(C)(C)C)C3=C)CCC[C@]12C. The van der Waals surface area contributed by atoms with Gasteiger partial charge in [-0.1, -0.05) is 107 Å². The molecule has 0 bridgehead atoms. The molecule has 6 nitrogen and oxygen atoms in total. The lowest BCUT2D eigenvalue weighted by atomic mass is 9.60. The maximum absolute atomic E-state index is 13.0. The Bertz CT molecular complexity index is 1500. The fourth-order valence-electron chi connectivity index (χ4n) is 9.32. The number of aliphatic hydroxyl groups is 1. The zero-order valence-electron chi connectivity index (χ0n) is 40.9. The Hall–Kier alpha value is -1.08. The standard InChI is InChI=1S/C49H90O6Si3/c1-21-52-45(51)36(4)40(28-30-53-56(15,16)46(5,6)7)43(50)31-34(2)41-26-27-42-37(23-22-29-49(41,42)14)24-25-38-32-39(54-57(17,18)47(8,9)10)33-44(35(38)3)55-58(19,20)48(11,12)13/h24-25,34,39-44,50H,3-4,21-23,26-33H2,1-2,5-20H3/t34-,39-,40?,41-,42+,43?,44+,49-/m1/s1. The van der Waals surface area contributed by atoms with Gasteiger partial charge in [-0.3, -0.25) is 0 Å². The van der Waals surface area contributed by atoms with Gasteiger partial charge in [-0.05, 0) is 147 Å². The van der Waals surface area contributed by atoms with Gasteiger partial charge >= 0.3 is 5.97 Å². The van der Waals surface area contributed by atoms with Crippen molar-refractivity contribution < 1.29 is 27.9 Å². The lowest BCUT2D eigenvalue weighted by Gasteiger charge is -2.46. The lowest BCUT2D eigenvalue weighted by molar-refractivity contribution is -0.139. The summed E-state index contributed by atoms with van der Waals surface area (Å²) in [6.45, 7) is 50.9. The van der Waals surface area contributed by atoms with E-state index in [2.05, 4.69) is 134 Å². The third kappa shape index (κ3) is 12.1. The van der Waals surface area contributed by atoms with Crippen LogP contribution in [0.5, 0.6) is 0 Å². The summed E-state index contributed by atoms with van der Waals surface area (Å²) in [5, 5.41) is 12.2. The van der Waals surface area contributed by atoms with Crippen LogP contribution in [0.1, 0.15) is 141 Å². The van der Waals surface area contributed by atoms with Crippen molar-refractivity contribution in [3.05, 3.63) is 47.6 Å². The van der Waals surface area contributed by atoms with Gasteiger partial charge in [0.25, 0.3) is 0 Å². The van der Waals surface area contributed by atoms with E-state index < -0.39 is 42.9 Å². The molecule has 0 saturated heterocycles. The highest BCUT2D eigenvalue weighted by molar-refractivity contribution is 6.75. The van der Waals surface area contributed by atoms with E-state index in [4.69, 9.17) is 24.6 Å². The largest absolute Gasteiger partial charge is 0.463 e. The van der Waals surface area contributed by atoms with E-state index in [1.165, 1.54) is 24.8 Å². The number of aliphatic hydroxyl groups excluding tert-OH is 1. The molecule has 0 aliphatic heterocycles. The molecule has 0 aromatic rings. The number of esters is 1. The van der Waals surface area contributed by atoms with Crippen molar-refractivity contribution in [3.8, 4) is 0 Å². The molecule has 0 aromatic carbocycles. The van der Waals surface area contributed by atoms with Gasteiger partial charge in [0.15, 0.2) is 25.0 Å². The van der Waals surface area contributed by atoms with Crippen LogP contribution in [0.15, 0.2) is 47.6 Å². The molecular weight excluding hydrogens is 769 g/mol. The molecular formula is C49H90O6Si3. The number of fused-ring (bicyclic) bond motifs is 1. The molecule has 334 valence electrons.